The van der Waals surface area contributed by atoms with Gasteiger partial charge in [0.1, 0.15) is 12.1 Å². The molecule has 3 aromatic rings. The first-order chi connectivity index (χ1) is 12.3. The van der Waals surface area contributed by atoms with Crippen molar-refractivity contribution in [2.24, 2.45) is 0 Å². The zero-order chi connectivity index (χ0) is 17.1. The van der Waals surface area contributed by atoms with E-state index in [1.54, 1.807) is 6.33 Å². The van der Waals surface area contributed by atoms with E-state index in [1.165, 1.54) is 12.8 Å². The van der Waals surface area contributed by atoms with E-state index in [0.717, 1.165) is 33.4 Å². The minimum Gasteiger partial charge on any atom is -0.367 e. The Kier molecular flexibility index (Phi) is 4.28. The van der Waals surface area contributed by atoms with E-state index in [9.17, 15) is 0 Å². The van der Waals surface area contributed by atoms with Crippen LogP contribution in [-0.4, -0.2) is 22.6 Å². The van der Waals surface area contributed by atoms with Crippen LogP contribution in [0.3, 0.4) is 0 Å². The number of benzene rings is 2. The lowest BCUT2D eigenvalue weighted by atomic mass is 10.0. The zero-order valence-electron chi connectivity index (χ0n) is 13.9. The van der Waals surface area contributed by atoms with Gasteiger partial charge in [-0.15, -0.1) is 0 Å². The van der Waals surface area contributed by atoms with Crippen molar-refractivity contribution in [3.05, 3.63) is 54.4 Å². The summed E-state index contributed by atoms with van der Waals surface area (Å²) in [5, 5.41) is 16.3. The average Bonchev–Trinajstić information content (AvgIpc) is 3.46. The van der Waals surface area contributed by atoms with Crippen molar-refractivity contribution in [1.82, 2.24) is 15.3 Å². The van der Waals surface area contributed by atoms with Crippen LogP contribution in [0.5, 0.6) is 0 Å². The minimum atomic E-state index is 0.355. The maximum atomic E-state index is 8.64. The van der Waals surface area contributed by atoms with Gasteiger partial charge >= 0.3 is 0 Å². The largest absolute Gasteiger partial charge is 0.367 e. The summed E-state index contributed by atoms with van der Waals surface area (Å²) in [6.45, 7) is 1.04. The van der Waals surface area contributed by atoms with Gasteiger partial charge < -0.3 is 10.6 Å². The topological polar surface area (TPSA) is 73.6 Å². The number of nitrogens with zero attached hydrogens (tertiary/aromatic N) is 3. The third-order valence-corrected chi connectivity index (χ3v) is 4.35. The Bertz CT molecular complexity index is 940. The SMILES string of the molecule is N#CCNCc1cccc(-c2ccc3ncnc(NC4CC4)c3c2)c1. The summed E-state index contributed by atoms with van der Waals surface area (Å²) < 4.78 is 0. The molecule has 0 unspecified atom stereocenters. The second kappa shape index (κ2) is 6.88. The van der Waals surface area contributed by atoms with E-state index in [4.69, 9.17) is 5.26 Å². The van der Waals surface area contributed by atoms with Crippen molar-refractivity contribution < 1.29 is 0 Å². The number of fused-ring (bicyclic) bond motifs is 1. The lowest BCUT2D eigenvalue weighted by Crippen LogP contribution is -2.12. The first-order valence-corrected chi connectivity index (χ1v) is 8.52. The van der Waals surface area contributed by atoms with E-state index in [-0.39, 0.29) is 0 Å². The summed E-state index contributed by atoms with van der Waals surface area (Å²) in [6.07, 6.45) is 4.04. The summed E-state index contributed by atoms with van der Waals surface area (Å²) in [5.74, 6) is 0.918. The van der Waals surface area contributed by atoms with Crippen LogP contribution in [0.15, 0.2) is 48.8 Å². The van der Waals surface area contributed by atoms with Crippen molar-refractivity contribution in [3.8, 4) is 17.2 Å². The molecule has 1 saturated carbocycles. The fraction of sp³-hybridized carbons (Fsp3) is 0.250. The highest BCUT2D eigenvalue weighted by Crippen LogP contribution is 2.30. The number of nitrogens with one attached hydrogen (secondary N) is 2. The molecule has 0 bridgehead atoms. The first kappa shape index (κ1) is 15.6. The summed E-state index contributed by atoms with van der Waals surface area (Å²) in [4.78, 5) is 8.81. The number of hydrogen-bond donors (Lipinski definition) is 2. The maximum absolute atomic E-state index is 8.64. The molecule has 25 heavy (non-hydrogen) atoms. The van der Waals surface area contributed by atoms with Crippen LogP contribution >= 0.6 is 0 Å². The molecule has 1 aromatic heterocycles. The van der Waals surface area contributed by atoms with Crippen LogP contribution < -0.4 is 10.6 Å². The normalized spacial score (nSPS) is 13.6. The van der Waals surface area contributed by atoms with Crippen molar-refractivity contribution >= 4 is 16.7 Å². The van der Waals surface area contributed by atoms with Gasteiger partial charge in [0.15, 0.2) is 0 Å². The summed E-state index contributed by atoms with van der Waals surface area (Å²) in [7, 11) is 0. The number of aromatic nitrogens is 2. The molecule has 0 saturated heterocycles. The van der Waals surface area contributed by atoms with Gasteiger partial charge in [0.25, 0.3) is 0 Å². The quantitative estimate of drug-likeness (QED) is 0.535. The Labute approximate surface area is 146 Å². The van der Waals surface area contributed by atoms with Gasteiger partial charge in [-0.3, -0.25) is 0 Å². The number of nitriles is 1. The van der Waals surface area contributed by atoms with Gasteiger partial charge in [-0.2, -0.15) is 5.26 Å². The van der Waals surface area contributed by atoms with Crippen LogP contribution in [0.4, 0.5) is 5.82 Å². The Morgan fingerprint density at radius 2 is 1.96 bits per heavy atom. The van der Waals surface area contributed by atoms with Gasteiger partial charge in [0, 0.05) is 18.0 Å². The Hall–Kier alpha value is -2.97. The lowest BCUT2D eigenvalue weighted by Gasteiger charge is -2.10. The second-order valence-electron chi connectivity index (χ2n) is 6.33. The molecule has 5 nitrogen and oxygen atoms in total. The van der Waals surface area contributed by atoms with Crippen LogP contribution in [-0.2, 0) is 6.54 Å². The zero-order valence-corrected chi connectivity index (χ0v) is 13.9. The molecule has 124 valence electrons. The molecule has 0 amide bonds. The highest BCUT2D eigenvalue weighted by Gasteiger charge is 2.22. The van der Waals surface area contributed by atoms with Gasteiger partial charge in [-0.1, -0.05) is 24.3 Å². The lowest BCUT2D eigenvalue weighted by molar-refractivity contribution is 0.766. The highest BCUT2D eigenvalue weighted by atomic mass is 15.1. The van der Waals surface area contributed by atoms with Crippen molar-refractivity contribution in [3.63, 3.8) is 0 Å². The fourth-order valence-corrected chi connectivity index (χ4v) is 2.90. The van der Waals surface area contributed by atoms with Gasteiger partial charge in [-0.25, -0.2) is 9.97 Å². The standard InChI is InChI=1S/C20H19N5/c21-8-9-22-12-14-2-1-3-15(10-14)16-4-7-19-18(11-16)20(24-13-23-19)25-17-5-6-17/h1-4,7,10-11,13,17,22H,5-6,9,12H2,(H,23,24,25). The van der Waals surface area contributed by atoms with Crippen LogP contribution in [0.2, 0.25) is 0 Å². The van der Waals surface area contributed by atoms with Crippen LogP contribution in [0.25, 0.3) is 22.0 Å². The molecule has 1 aliphatic carbocycles. The molecule has 0 aliphatic heterocycles. The Balaban J connectivity index is 1.67. The molecule has 1 heterocycles. The van der Waals surface area contributed by atoms with Crippen molar-refractivity contribution in [1.29, 1.82) is 5.26 Å². The molecule has 0 atom stereocenters. The Morgan fingerprint density at radius 1 is 1.08 bits per heavy atom. The molecule has 1 aliphatic rings. The van der Waals surface area contributed by atoms with Gasteiger partial charge in [0.2, 0.25) is 0 Å². The highest BCUT2D eigenvalue weighted by molar-refractivity contribution is 5.92. The molecular weight excluding hydrogens is 310 g/mol. The molecular formula is C20H19N5. The molecule has 5 heteroatoms. The molecule has 4 rings (SSSR count). The molecule has 2 N–H and O–H groups in total. The summed E-state index contributed by atoms with van der Waals surface area (Å²) in [5.41, 5.74) is 4.41. The van der Waals surface area contributed by atoms with Crippen molar-refractivity contribution in [2.75, 3.05) is 11.9 Å². The number of anilines is 1. The molecule has 0 radical (unpaired) electrons. The predicted octanol–water partition coefficient (Wildman–Crippen LogP) is 3.48. The van der Waals surface area contributed by atoms with E-state index >= 15 is 0 Å². The average molecular weight is 329 g/mol. The van der Waals surface area contributed by atoms with E-state index in [2.05, 4.69) is 57.0 Å². The maximum Gasteiger partial charge on any atom is 0.137 e. The van der Waals surface area contributed by atoms with Crippen LogP contribution in [0, 0.1) is 11.3 Å². The third kappa shape index (κ3) is 3.59. The minimum absolute atomic E-state index is 0.355. The number of rotatable bonds is 6. The van der Waals surface area contributed by atoms with Crippen molar-refractivity contribution in [2.45, 2.75) is 25.4 Å². The fourth-order valence-electron chi connectivity index (χ4n) is 2.90. The van der Waals surface area contributed by atoms with Crippen LogP contribution in [0.1, 0.15) is 18.4 Å². The molecule has 0 spiro atoms. The van der Waals surface area contributed by atoms with Gasteiger partial charge in [-0.05, 0) is 47.7 Å². The van der Waals surface area contributed by atoms with Gasteiger partial charge in [0.05, 0.1) is 18.1 Å². The number of hydrogen-bond acceptors (Lipinski definition) is 5. The molecule has 2 aromatic carbocycles. The monoisotopic (exact) mass is 329 g/mol. The Morgan fingerprint density at radius 3 is 2.80 bits per heavy atom. The smallest absolute Gasteiger partial charge is 0.137 e. The second-order valence-corrected chi connectivity index (χ2v) is 6.33. The predicted molar refractivity (Wildman–Crippen MR) is 98.9 cm³/mol. The van der Waals surface area contributed by atoms with E-state index in [0.29, 0.717) is 19.1 Å². The third-order valence-electron chi connectivity index (χ3n) is 4.35. The van der Waals surface area contributed by atoms with E-state index < -0.39 is 0 Å². The first-order valence-electron chi connectivity index (χ1n) is 8.52. The summed E-state index contributed by atoms with van der Waals surface area (Å²) >= 11 is 0. The van der Waals surface area contributed by atoms with E-state index in [1.807, 2.05) is 12.1 Å². The molecule has 1 fully saturated rings. The summed E-state index contributed by atoms with van der Waals surface area (Å²) in [6, 6.07) is 17.3.